The molecule has 0 aromatic heterocycles. The first kappa shape index (κ1) is 21.5. The molecule has 0 amide bonds. The zero-order chi connectivity index (χ0) is 14.3. The fourth-order valence-corrected chi connectivity index (χ4v) is 2.41. The summed E-state index contributed by atoms with van der Waals surface area (Å²) in [5.74, 6) is 0. The van der Waals surface area contributed by atoms with Crippen molar-refractivity contribution in [3.8, 4) is 0 Å². The Hall–Kier alpha value is 1.15. The summed E-state index contributed by atoms with van der Waals surface area (Å²) >= 11 is 5.10. The predicted octanol–water partition coefficient (Wildman–Crippen LogP) is 4.06. The van der Waals surface area contributed by atoms with Gasteiger partial charge in [0.15, 0.2) is 0 Å². The van der Waals surface area contributed by atoms with Crippen LogP contribution in [0.2, 0.25) is 5.02 Å². The first-order chi connectivity index (χ1) is 8.41. The van der Waals surface area contributed by atoms with Crippen LogP contribution < -0.4 is 0 Å². The first-order valence-corrected chi connectivity index (χ1v) is 11.7. The van der Waals surface area contributed by atoms with Crippen LogP contribution in [0.5, 0.6) is 0 Å². The zero-order valence-electron chi connectivity index (χ0n) is 11.7. The van der Waals surface area contributed by atoms with Gasteiger partial charge < -0.3 is 14.7 Å². The standard InChI is InChI=1S/C12H25.H3O3PS.Zn/c1-3-5-7-9-11-12-10-8-6-4-2;1-4(2,3)5;/h1,3-12H2,2H3;(H3,1,2,3,5);. The van der Waals surface area contributed by atoms with E-state index in [2.05, 4.69) is 18.7 Å². The average molecular weight is 349 g/mol. The van der Waals surface area contributed by atoms with Crippen LogP contribution in [-0.4, -0.2) is 14.7 Å². The van der Waals surface area contributed by atoms with Crippen molar-refractivity contribution in [2.75, 3.05) is 0 Å². The molecule has 0 saturated carbocycles. The molecular weight excluding hydrogens is 321 g/mol. The molecule has 0 spiro atoms. The molecule has 0 aliphatic heterocycles. The van der Waals surface area contributed by atoms with E-state index in [1.807, 2.05) is 0 Å². The summed E-state index contributed by atoms with van der Waals surface area (Å²) in [4.78, 5) is 22.7. The number of unbranched alkanes of at least 4 members (excludes halogenated alkanes) is 9. The van der Waals surface area contributed by atoms with E-state index in [1.165, 1.54) is 87.5 Å². The molecule has 0 radical (unpaired) electrons. The Morgan fingerprint density at radius 3 is 1.33 bits per heavy atom. The minimum Gasteiger partial charge on any atom is -0.325 e. The van der Waals surface area contributed by atoms with Gasteiger partial charge >= 0.3 is 101 Å². The second kappa shape index (κ2) is 16.2. The molecule has 0 atom stereocenters. The van der Waals surface area contributed by atoms with Crippen LogP contribution in [0, 0.1) is 0 Å². The van der Waals surface area contributed by atoms with Crippen molar-refractivity contribution in [1.82, 2.24) is 0 Å². The van der Waals surface area contributed by atoms with Crippen LogP contribution in [0.15, 0.2) is 0 Å². The predicted molar refractivity (Wildman–Crippen MR) is 77.6 cm³/mol. The van der Waals surface area contributed by atoms with Crippen LogP contribution >= 0.6 is 6.72 Å². The topological polar surface area (TPSA) is 60.7 Å². The molecule has 0 aromatic carbocycles. The average Bonchev–Trinajstić information content (AvgIpc) is 2.25. The number of hydrogen-bond donors (Lipinski definition) is 3. The molecule has 0 aliphatic rings. The van der Waals surface area contributed by atoms with Gasteiger partial charge in [0.1, 0.15) is 0 Å². The molecule has 6 heteroatoms. The van der Waals surface area contributed by atoms with Gasteiger partial charge in [-0.1, -0.05) is 0 Å². The van der Waals surface area contributed by atoms with Gasteiger partial charge in [-0.05, 0) is 11.8 Å². The van der Waals surface area contributed by atoms with Crippen molar-refractivity contribution in [3.05, 3.63) is 0 Å². The third-order valence-electron chi connectivity index (χ3n) is 2.60. The van der Waals surface area contributed by atoms with Crippen LogP contribution in [-0.2, 0) is 30.1 Å². The summed E-state index contributed by atoms with van der Waals surface area (Å²) in [6.45, 7) is -1.52. The Morgan fingerprint density at radius 1 is 0.778 bits per heavy atom. The van der Waals surface area contributed by atoms with E-state index in [1.54, 1.807) is 0 Å². The van der Waals surface area contributed by atoms with Crippen LogP contribution in [0.4, 0.5) is 0 Å². The van der Waals surface area contributed by atoms with E-state index in [-0.39, 0.29) is 0 Å². The van der Waals surface area contributed by atoms with Crippen molar-refractivity contribution >= 4 is 18.5 Å². The molecule has 0 rings (SSSR count). The van der Waals surface area contributed by atoms with E-state index < -0.39 is 6.72 Å². The van der Waals surface area contributed by atoms with Gasteiger partial charge in [0.25, 0.3) is 0 Å². The minimum absolute atomic E-state index is 1.38. The number of hydrogen-bond acceptors (Lipinski definition) is 1. The van der Waals surface area contributed by atoms with E-state index in [4.69, 9.17) is 14.7 Å². The molecule has 0 saturated heterocycles. The molecule has 0 fully saturated rings. The summed E-state index contributed by atoms with van der Waals surface area (Å²) < 4.78 is 0. The third kappa shape index (κ3) is 36.0. The van der Waals surface area contributed by atoms with Crippen LogP contribution in [0.1, 0.15) is 71.1 Å². The molecule has 0 aliphatic carbocycles. The van der Waals surface area contributed by atoms with E-state index in [0.717, 1.165) is 0 Å². The van der Waals surface area contributed by atoms with Crippen molar-refractivity contribution in [1.29, 1.82) is 0 Å². The normalized spacial score (nSPS) is 11.0. The van der Waals surface area contributed by atoms with Crippen LogP contribution in [0.3, 0.4) is 0 Å². The summed E-state index contributed by atoms with van der Waals surface area (Å²) in [6, 6.07) is 0. The smallest absolute Gasteiger partial charge is 0.319 e. The van der Waals surface area contributed by atoms with Crippen molar-refractivity contribution in [3.63, 3.8) is 0 Å². The fraction of sp³-hybridized carbons (Fsp3) is 1.00. The number of rotatable bonds is 10. The molecular formula is C12H28O3PSZn. The summed E-state index contributed by atoms with van der Waals surface area (Å²) in [5.41, 5.74) is 0. The third-order valence-corrected chi connectivity index (χ3v) is 3.65. The van der Waals surface area contributed by atoms with Crippen molar-refractivity contribution in [2.45, 2.75) is 76.1 Å². The van der Waals surface area contributed by atoms with Gasteiger partial charge in [-0.15, -0.1) is 0 Å². The van der Waals surface area contributed by atoms with Crippen LogP contribution in [0.25, 0.3) is 0 Å². The Balaban J connectivity index is 0. The second-order valence-electron chi connectivity index (χ2n) is 4.55. The van der Waals surface area contributed by atoms with Gasteiger partial charge in [-0.25, -0.2) is 0 Å². The molecule has 0 bridgehead atoms. The molecule has 3 nitrogen and oxygen atoms in total. The molecule has 0 heterocycles. The fourth-order valence-electron chi connectivity index (χ4n) is 1.66. The molecule has 107 valence electrons. The Kier molecular flexibility index (Phi) is 19.3. The zero-order valence-corrected chi connectivity index (χ0v) is 16.4. The summed E-state index contributed by atoms with van der Waals surface area (Å²) in [5, 5.41) is 1.50. The molecule has 0 unspecified atom stereocenters. The SMILES string of the molecule is CCCCCCCCCCC[CH2][Zn].OP(O)(O)=S. The van der Waals surface area contributed by atoms with Gasteiger partial charge in [-0.3, -0.25) is 0 Å². The van der Waals surface area contributed by atoms with E-state index >= 15 is 0 Å². The molecule has 0 aromatic rings. The Bertz CT molecular complexity index is 181. The molecule has 3 N–H and O–H groups in total. The summed E-state index contributed by atoms with van der Waals surface area (Å²) in [7, 11) is 0. The minimum atomic E-state index is -3.81. The van der Waals surface area contributed by atoms with Gasteiger partial charge in [0.2, 0.25) is 0 Å². The van der Waals surface area contributed by atoms with Crippen molar-refractivity contribution in [2.24, 2.45) is 0 Å². The maximum atomic E-state index is 7.56. The maximum absolute atomic E-state index is 7.56. The van der Waals surface area contributed by atoms with E-state index in [0.29, 0.717) is 0 Å². The van der Waals surface area contributed by atoms with E-state index in [9.17, 15) is 0 Å². The quantitative estimate of drug-likeness (QED) is 0.316. The Labute approximate surface area is 127 Å². The first-order valence-electron chi connectivity index (χ1n) is 6.99. The van der Waals surface area contributed by atoms with Gasteiger partial charge in [-0.2, -0.15) is 0 Å². The molecule has 18 heavy (non-hydrogen) atoms. The Morgan fingerprint density at radius 2 is 1.06 bits per heavy atom. The van der Waals surface area contributed by atoms with Gasteiger partial charge in [0.05, 0.1) is 0 Å². The monoisotopic (exact) mass is 347 g/mol. The largest absolute Gasteiger partial charge is 0.325 e. The van der Waals surface area contributed by atoms with Gasteiger partial charge in [0, 0.05) is 0 Å². The second-order valence-corrected chi connectivity index (χ2v) is 8.53. The van der Waals surface area contributed by atoms with Crippen molar-refractivity contribution < 1.29 is 33.0 Å². The maximum Gasteiger partial charge on any atom is 0.319 e. The summed E-state index contributed by atoms with van der Waals surface area (Å²) in [6.07, 6.45) is 14.7.